The van der Waals surface area contributed by atoms with E-state index in [4.69, 9.17) is 5.73 Å². The maximum atomic E-state index is 13.1. The van der Waals surface area contributed by atoms with Gasteiger partial charge in [0.15, 0.2) is 0 Å². The van der Waals surface area contributed by atoms with E-state index in [1.54, 1.807) is 6.07 Å². The molecule has 0 unspecified atom stereocenters. The molecule has 1 amide bonds. The molecule has 2 nitrogen and oxygen atoms in total. The number of benzene rings is 1. The summed E-state index contributed by atoms with van der Waals surface area (Å²) in [5.74, 6) is -0.495. The number of hydrogen-bond acceptors (Lipinski definition) is 1. The van der Waals surface area contributed by atoms with Crippen molar-refractivity contribution in [3.8, 4) is 0 Å². The lowest BCUT2D eigenvalue weighted by molar-refractivity contribution is -0.138. The lowest BCUT2D eigenvalue weighted by Gasteiger charge is -2.22. The third-order valence-electron chi connectivity index (χ3n) is 3.15. The summed E-state index contributed by atoms with van der Waals surface area (Å²) in [5, 5.41) is 0. The molecule has 0 aliphatic rings. The summed E-state index contributed by atoms with van der Waals surface area (Å²) in [4.78, 5) is 10.7. The van der Waals surface area contributed by atoms with Crippen molar-refractivity contribution in [1.82, 2.24) is 0 Å². The van der Waals surface area contributed by atoms with E-state index >= 15 is 0 Å². The Hall–Kier alpha value is -1.52. The van der Waals surface area contributed by atoms with E-state index in [0.717, 1.165) is 0 Å². The Kier molecular flexibility index (Phi) is 4.84. The van der Waals surface area contributed by atoms with Crippen LogP contribution in [0.2, 0.25) is 0 Å². The molecule has 0 saturated heterocycles. The Bertz CT molecular complexity index is 487. The molecule has 0 heterocycles. The largest absolute Gasteiger partial charge is 0.416 e. The van der Waals surface area contributed by atoms with E-state index in [1.807, 2.05) is 20.8 Å². The van der Waals surface area contributed by atoms with E-state index in [-0.39, 0.29) is 23.8 Å². The molecule has 0 spiro atoms. The Morgan fingerprint density at radius 3 is 2.25 bits per heavy atom. The van der Waals surface area contributed by atoms with Crippen LogP contribution < -0.4 is 5.73 Å². The highest BCUT2D eigenvalue weighted by molar-refractivity contribution is 5.73. The van der Waals surface area contributed by atoms with Gasteiger partial charge in [0.2, 0.25) is 5.91 Å². The van der Waals surface area contributed by atoms with Crippen molar-refractivity contribution in [3.63, 3.8) is 0 Å². The summed E-state index contributed by atoms with van der Waals surface area (Å²) in [6.45, 7) is 5.61. The highest BCUT2D eigenvalue weighted by atomic mass is 19.4. The quantitative estimate of drug-likeness (QED) is 0.899. The molecule has 0 aromatic heterocycles. The van der Waals surface area contributed by atoms with E-state index in [1.165, 1.54) is 12.1 Å². The third kappa shape index (κ3) is 4.54. The zero-order chi connectivity index (χ0) is 15.6. The molecular weight excluding hydrogens is 267 g/mol. The van der Waals surface area contributed by atoms with Crippen LogP contribution in [0.1, 0.15) is 50.3 Å². The van der Waals surface area contributed by atoms with Crippen LogP contribution in [0.3, 0.4) is 0 Å². The number of amides is 1. The van der Waals surface area contributed by atoms with E-state index in [0.29, 0.717) is 12.0 Å². The molecule has 0 saturated carbocycles. The number of halogens is 3. The van der Waals surface area contributed by atoms with Crippen LogP contribution >= 0.6 is 0 Å². The topological polar surface area (TPSA) is 43.1 Å². The first kappa shape index (κ1) is 16.5. The van der Waals surface area contributed by atoms with Gasteiger partial charge in [-0.2, -0.15) is 13.2 Å². The summed E-state index contributed by atoms with van der Waals surface area (Å²) in [6, 6.07) is 4.43. The molecule has 5 heteroatoms. The molecule has 20 heavy (non-hydrogen) atoms. The molecule has 1 rings (SSSR count). The van der Waals surface area contributed by atoms with Crippen LogP contribution in [0.25, 0.3) is 0 Å². The molecule has 1 aromatic rings. The fourth-order valence-corrected chi connectivity index (χ4v) is 1.98. The monoisotopic (exact) mass is 287 g/mol. The SMILES string of the molecule is CC(C)(C)c1ccc(CCCC(N)=O)c(C(F)(F)F)c1. The zero-order valence-electron chi connectivity index (χ0n) is 12.0. The number of alkyl halides is 3. The van der Waals surface area contributed by atoms with Gasteiger partial charge in [-0.15, -0.1) is 0 Å². The van der Waals surface area contributed by atoms with Gasteiger partial charge in [-0.05, 0) is 35.4 Å². The maximum absolute atomic E-state index is 13.1. The highest BCUT2D eigenvalue weighted by Crippen LogP contribution is 2.35. The molecule has 0 radical (unpaired) electrons. The predicted octanol–water partition coefficient (Wildman–Crippen LogP) is 3.81. The second-order valence-corrected chi connectivity index (χ2v) is 5.94. The second kappa shape index (κ2) is 5.85. The maximum Gasteiger partial charge on any atom is 0.416 e. The Morgan fingerprint density at radius 1 is 1.20 bits per heavy atom. The molecule has 1 aromatic carbocycles. The summed E-state index contributed by atoms with van der Waals surface area (Å²) < 4.78 is 39.3. The molecule has 0 aliphatic carbocycles. The van der Waals surface area contributed by atoms with Crippen LogP contribution in [-0.2, 0) is 22.8 Å². The minimum atomic E-state index is -4.39. The van der Waals surface area contributed by atoms with Crippen molar-refractivity contribution >= 4 is 5.91 Å². The van der Waals surface area contributed by atoms with Gasteiger partial charge in [-0.25, -0.2) is 0 Å². The van der Waals surface area contributed by atoms with Crippen LogP contribution in [0.5, 0.6) is 0 Å². The summed E-state index contributed by atoms with van der Waals surface area (Å²) in [5.41, 5.74) is 4.90. The van der Waals surface area contributed by atoms with Crippen molar-refractivity contribution in [2.45, 2.75) is 51.6 Å². The molecule has 0 atom stereocenters. The number of carbonyl (C=O) groups excluding carboxylic acids is 1. The van der Waals surface area contributed by atoms with Gasteiger partial charge in [0.25, 0.3) is 0 Å². The number of aryl methyl sites for hydroxylation is 1. The fourth-order valence-electron chi connectivity index (χ4n) is 1.98. The smallest absolute Gasteiger partial charge is 0.370 e. The molecular formula is C15H20F3NO. The van der Waals surface area contributed by atoms with Gasteiger partial charge >= 0.3 is 6.18 Å². The third-order valence-corrected chi connectivity index (χ3v) is 3.15. The first-order valence-corrected chi connectivity index (χ1v) is 6.50. The Morgan fingerprint density at radius 2 is 1.80 bits per heavy atom. The minimum Gasteiger partial charge on any atom is -0.370 e. The number of hydrogen-bond donors (Lipinski definition) is 1. The van der Waals surface area contributed by atoms with Crippen molar-refractivity contribution < 1.29 is 18.0 Å². The van der Waals surface area contributed by atoms with E-state index < -0.39 is 17.6 Å². The lowest BCUT2D eigenvalue weighted by atomic mass is 9.84. The average Bonchev–Trinajstić information content (AvgIpc) is 2.25. The Balaban J connectivity index is 3.08. The normalized spacial score (nSPS) is 12.5. The van der Waals surface area contributed by atoms with Gasteiger partial charge in [-0.3, -0.25) is 4.79 Å². The predicted molar refractivity (Wildman–Crippen MR) is 72.3 cm³/mol. The van der Waals surface area contributed by atoms with Gasteiger partial charge in [0, 0.05) is 6.42 Å². The fraction of sp³-hybridized carbons (Fsp3) is 0.533. The van der Waals surface area contributed by atoms with Crippen LogP contribution in [-0.4, -0.2) is 5.91 Å². The average molecular weight is 287 g/mol. The first-order valence-electron chi connectivity index (χ1n) is 6.50. The van der Waals surface area contributed by atoms with Crippen LogP contribution in [0.4, 0.5) is 13.2 Å². The second-order valence-electron chi connectivity index (χ2n) is 5.94. The van der Waals surface area contributed by atoms with E-state index in [2.05, 4.69) is 0 Å². The van der Waals surface area contributed by atoms with Crippen molar-refractivity contribution in [2.75, 3.05) is 0 Å². The molecule has 2 N–H and O–H groups in total. The standard InChI is InChI=1S/C15H20F3NO/c1-14(2,3)11-8-7-10(5-4-6-13(19)20)12(9-11)15(16,17)18/h7-9H,4-6H2,1-3H3,(H2,19,20). The van der Waals surface area contributed by atoms with Gasteiger partial charge in [-0.1, -0.05) is 32.9 Å². The molecule has 0 aliphatic heterocycles. The number of primary amides is 1. The van der Waals surface area contributed by atoms with Gasteiger partial charge in [0.05, 0.1) is 5.56 Å². The molecule has 0 fully saturated rings. The zero-order valence-corrected chi connectivity index (χ0v) is 12.0. The number of carbonyl (C=O) groups is 1. The van der Waals surface area contributed by atoms with E-state index in [9.17, 15) is 18.0 Å². The lowest BCUT2D eigenvalue weighted by Crippen LogP contribution is -2.16. The van der Waals surface area contributed by atoms with Crippen molar-refractivity contribution in [3.05, 3.63) is 34.9 Å². The first-order chi connectivity index (χ1) is 9.01. The molecule has 0 bridgehead atoms. The Labute approximate surface area is 117 Å². The minimum absolute atomic E-state index is 0.0956. The summed E-state index contributed by atoms with van der Waals surface area (Å²) >= 11 is 0. The molecule has 112 valence electrons. The number of nitrogens with two attached hydrogens (primary N) is 1. The van der Waals surface area contributed by atoms with Crippen LogP contribution in [0, 0.1) is 0 Å². The van der Waals surface area contributed by atoms with Crippen LogP contribution in [0.15, 0.2) is 18.2 Å². The summed E-state index contributed by atoms with van der Waals surface area (Å²) in [7, 11) is 0. The summed E-state index contributed by atoms with van der Waals surface area (Å²) in [6.07, 6.45) is -3.77. The van der Waals surface area contributed by atoms with Gasteiger partial charge < -0.3 is 5.73 Å². The van der Waals surface area contributed by atoms with Crippen molar-refractivity contribution in [1.29, 1.82) is 0 Å². The van der Waals surface area contributed by atoms with Gasteiger partial charge in [0.1, 0.15) is 0 Å². The highest BCUT2D eigenvalue weighted by Gasteiger charge is 2.34. The van der Waals surface area contributed by atoms with Crippen molar-refractivity contribution in [2.24, 2.45) is 5.73 Å². The number of rotatable bonds is 4.